The number of thioether (sulfide) groups is 1. The number of aliphatic carboxylic acids is 1. The molecule has 2 aliphatic rings. The summed E-state index contributed by atoms with van der Waals surface area (Å²) in [6.45, 7) is 3.71. The maximum Gasteiger partial charge on any atom is 0.336 e. The minimum absolute atomic E-state index is 0.133. The van der Waals surface area contributed by atoms with Crippen LogP contribution in [0, 0.1) is 17.8 Å². The van der Waals surface area contributed by atoms with Gasteiger partial charge in [0.25, 0.3) is 0 Å². The molecule has 0 bridgehead atoms. The zero-order chi connectivity index (χ0) is 22.3. The summed E-state index contributed by atoms with van der Waals surface area (Å²) in [5.41, 5.74) is 1.45. The highest BCUT2D eigenvalue weighted by molar-refractivity contribution is 7.99. The summed E-state index contributed by atoms with van der Waals surface area (Å²) in [5.74, 6) is -2.87. The predicted molar refractivity (Wildman–Crippen MR) is 116 cm³/mol. The number of nitrogens with zero attached hydrogens (tertiary/aromatic N) is 1. The summed E-state index contributed by atoms with van der Waals surface area (Å²) >= 11 is 1.38. The SMILES string of the molecule is CCOC(=O)C1=C(C(C=CC(=O)O)SC)N=C(C)C(C(=O)OC)C1C1CCCCC1. The average Bonchev–Trinajstić information content (AvgIpc) is 2.73. The Labute approximate surface area is 182 Å². The van der Waals surface area contributed by atoms with Crippen LogP contribution in [-0.4, -0.2) is 53.9 Å². The Bertz CT molecular complexity index is 751. The number of rotatable bonds is 8. The molecule has 1 aliphatic heterocycles. The van der Waals surface area contributed by atoms with Crippen molar-refractivity contribution in [1.82, 2.24) is 0 Å². The number of carbonyl (C=O) groups is 3. The lowest BCUT2D eigenvalue weighted by Crippen LogP contribution is -2.42. The minimum Gasteiger partial charge on any atom is -0.478 e. The molecule has 7 nitrogen and oxygen atoms in total. The van der Waals surface area contributed by atoms with Gasteiger partial charge in [0.15, 0.2) is 0 Å². The van der Waals surface area contributed by atoms with Gasteiger partial charge < -0.3 is 14.6 Å². The van der Waals surface area contributed by atoms with Crippen LogP contribution >= 0.6 is 11.8 Å². The first kappa shape index (κ1) is 24.2. The fourth-order valence-corrected chi connectivity index (χ4v) is 5.12. The van der Waals surface area contributed by atoms with Gasteiger partial charge in [0.2, 0.25) is 0 Å². The Balaban J connectivity index is 2.68. The van der Waals surface area contributed by atoms with E-state index in [1.807, 2.05) is 6.26 Å². The van der Waals surface area contributed by atoms with Crippen molar-refractivity contribution in [1.29, 1.82) is 0 Å². The molecule has 0 saturated heterocycles. The fourth-order valence-electron chi connectivity index (χ4n) is 4.48. The zero-order valence-corrected chi connectivity index (χ0v) is 18.9. The molecular weight excluding hydrogens is 406 g/mol. The fraction of sp³-hybridized carbons (Fsp3) is 0.636. The Kier molecular flexibility index (Phi) is 9.14. The molecule has 2 rings (SSSR count). The normalized spacial score (nSPS) is 23.8. The van der Waals surface area contributed by atoms with Crippen LogP contribution < -0.4 is 0 Å². The highest BCUT2D eigenvalue weighted by Crippen LogP contribution is 2.45. The number of carboxylic acids is 1. The predicted octanol–water partition coefficient (Wildman–Crippen LogP) is 3.64. The van der Waals surface area contributed by atoms with Gasteiger partial charge in [-0.25, -0.2) is 9.59 Å². The Morgan fingerprint density at radius 2 is 1.93 bits per heavy atom. The molecule has 0 amide bonds. The third-order valence-corrected chi connectivity index (χ3v) is 6.65. The number of aliphatic imine (C=N–C) groups is 1. The average molecular weight is 438 g/mol. The molecule has 0 aromatic rings. The van der Waals surface area contributed by atoms with Gasteiger partial charge in [0.05, 0.1) is 30.2 Å². The van der Waals surface area contributed by atoms with E-state index in [1.165, 1.54) is 24.9 Å². The van der Waals surface area contributed by atoms with Gasteiger partial charge in [-0.15, -0.1) is 0 Å². The molecule has 0 spiro atoms. The standard InChI is InChI=1S/C22H31NO6S/c1-5-29-22(27)19-18(14-9-7-6-8-10-14)17(21(26)28-3)13(2)23-20(19)15(30-4)11-12-16(24)25/h11-12,14-15,17-18H,5-10H2,1-4H3,(H,24,25). The third-order valence-electron chi connectivity index (χ3n) is 5.76. The van der Waals surface area contributed by atoms with E-state index in [2.05, 4.69) is 4.99 Å². The lowest BCUT2D eigenvalue weighted by molar-refractivity contribution is -0.146. The van der Waals surface area contributed by atoms with Crippen molar-refractivity contribution in [2.75, 3.05) is 20.0 Å². The van der Waals surface area contributed by atoms with Crippen molar-refractivity contribution < 1.29 is 29.0 Å². The molecule has 166 valence electrons. The first-order chi connectivity index (χ1) is 14.3. The molecule has 1 N–H and O–H groups in total. The van der Waals surface area contributed by atoms with E-state index in [1.54, 1.807) is 13.8 Å². The second kappa shape index (κ2) is 11.3. The molecular formula is C22H31NO6S. The molecule has 30 heavy (non-hydrogen) atoms. The largest absolute Gasteiger partial charge is 0.478 e. The van der Waals surface area contributed by atoms with E-state index in [-0.39, 0.29) is 12.5 Å². The van der Waals surface area contributed by atoms with E-state index >= 15 is 0 Å². The summed E-state index contributed by atoms with van der Waals surface area (Å²) in [7, 11) is 1.34. The Hall–Kier alpha value is -2.09. The first-order valence-corrected chi connectivity index (χ1v) is 11.6. The van der Waals surface area contributed by atoms with Gasteiger partial charge in [-0.1, -0.05) is 25.3 Å². The van der Waals surface area contributed by atoms with Crippen molar-refractivity contribution in [3.63, 3.8) is 0 Å². The topological polar surface area (TPSA) is 102 Å². The quantitative estimate of drug-likeness (QED) is 0.457. The van der Waals surface area contributed by atoms with Crippen LogP contribution in [0.5, 0.6) is 0 Å². The van der Waals surface area contributed by atoms with Crippen molar-refractivity contribution >= 4 is 35.4 Å². The summed E-state index contributed by atoms with van der Waals surface area (Å²) in [6.07, 6.45) is 9.47. The molecule has 1 aliphatic carbocycles. The van der Waals surface area contributed by atoms with E-state index in [0.29, 0.717) is 17.0 Å². The second-order valence-corrected chi connectivity index (χ2v) is 8.53. The second-order valence-electron chi connectivity index (χ2n) is 7.55. The number of esters is 2. The Morgan fingerprint density at radius 3 is 2.47 bits per heavy atom. The van der Waals surface area contributed by atoms with E-state index in [4.69, 9.17) is 14.6 Å². The van der Waals surface area contributed by atoms with Gasteiger partial charge in [0, 0.05) is 17.7 Å². The molecule has 1 heterocycles. The maximum absolute atomic E-state index is 13.1. The molecule has 0 aromatic carbocycles. The monoisotopic (exact) mass is 437 g/mol. The number of carbonyl (C=O) groups excluding carboxylic acids is 2. The lowest BCUT2D eigenvalue weighted by Gasteiger charge is -2.39. The van der Waals surface area contributed by atoms with Crippen LogP contribution in [0.25, 0.3) is 0 Å². The van der Waals surface area contributed by atoms with Gasteiger partial charge >= 0.3 is 17.9 Å². The van der Waals surface area contributed by atoms with Crippen molar-refractivity contribution in [2.45, 2.75) is 51.2 Å². The first-order valence-electron chi connectivity index (χ1n) is 10.3. The zero-order valence-electron chi connectivity index (χ0n) is 18.1. The summed E-state index contributed by atoms with van der Waals surface area (Å²) in [5, 5.41) is 8.63. The van der Waals surface area contributed by atoms with E-state index < -0.39 is 35.0 Å². The van der Waals surface area contributed by atoms with Crippen LogP contribution in [-0.2, 0) is 23.9 Å². The van der Waals surface area contributed by atoms with E-state index in [9.17, 15) is 14.4 Å². The lowest BCUT2D eigenvalue weighted by atomic mass is 9.67. The third kappa shape index (κ3) is 5.53. The van der Waals surface area contributed by atoms with Crippen LogP contribution in [0.15, 0.2) is 28.4 Å². The Morgan fingerprint density at radius 1 is 1.27 bits per heavy atom. The summed E-state index contributed by atoms with van der Waals surface area (Å²) in [6, 6.07) is 0. The van der Waals surface area contributed by atoms with Gasteiger partial charge in [-0.05, 0) is 38.9 Å². The number of ether oxygens (including phenoxy) is 2. The number of hydrogen-bond acceptors (Lipinski definition) is 7. The summed E-state index contributed by atoms with van der Waals surface area (Å²) in [4.78, 5) is 41.6. The van der Waals surface area contributed by atoms with Crippen LogP contribution in [0.1, 0.15) is 46.0 Å². The minimum atomic E-state index is -1.07. The molecule has 1 fully saturated rings. The van der Waals surface area contributed by atoms with Crippen molar-refractivity contribution in [2.24, 2.45) is 22.7 Å². The van der Waals surface area contributed by atoms with Crippen LogP contribution in [0.3, 0.4) is 0 Å². The van der Waals surface area contributed by atoms with Crippen molar-refractivity contribution in [3.8, 4) is 0 Å². The van der Waals surface area contributed by atoms with E-state index in [0.717, 1.165) is 38.2 Å². The van der Waals surface area contributed by atoms with Crippen molar-refractivity contribution in [3.05, 3.63) is 23.4 Å². The molecule has 8 heteroatoms. The number of carboxylic acid groups (broad SMARTS) is 1. The number of methoxy groups -OCH3 is 1. The smallest absolute Gasteiger partial charge is 0.336 e. The highest BCUT2D eigenvalue weighted by Gasteiger charge is 2.46. The molecule has 0 radical (unpaired) electrons. The molecule has 3 unspecified atom stereocenters. The molecule has 0 aromatic heterocycles. The van der Waals surface area contributed by atoms with Gasteiger partial charge in [-0.2, -0.15) is 11.8 Å². The molecule has 1 saturated carbocycles. The summed E-state index contributed by atoms with van der Waals surface area (Å²) < 4.78 is 10.5. The van der Waals surface area contributed by atoms with Crippen LogP contribution in [0.2, 0.25) is 0 Å². The number of hydrogen-bond donors (Lipinski definition) is 1. The van der Waals surface area contributed by atoms with Gasteiger partial charge in [-0.3, -0.25) is 9.79 Å². The van der Waals surface area contributed by atoms with Crippen LogP contribution in [0.4, 0.5) is 0 Å². The highest BCUT2D eigenvalue weighted by atomic mass is 32.2. The van der Waals surface area contributed by atoms with Gasteiger partial charge in [0.1, 0.15) is 5.92 Å². The maximum atomic E-state index is 13.1. The molecule has 3 atom stereocenters.